The number of carboxylic acid groups (broad SMARTS) is 1. The van der Waals surface area contributed by atoms with Gasteiger partial charge in [-0.3, -0.25) is 0 Å². The van der Waals surface area contributed by atoms with Gasteiger partial charge in [0.15, 0.2) is 34.3 Å². The van der Waals surface area contributed by atoms with Gasteiger partial charge in [0.05, 0.1) is 17.2 Å². The van der Waals surface area contributed by atoms with E-state index in [-0.39, 0.29) is 0 Å². The lowest BCUT2D eigenvalue weighted by Gasteiger charge is -2.39. The third-order valence-corrected chi connectivity index (χ3v) is 5.30. The van der Waals surface area contributed by atoms with E-state index in [9.17, 15) is 55.2 Å². The second-order valence-electron chi connectivity index (χ2n) is 7.84. The predicted molar refractivity (Wildman–Crippen MR) is 109 cm³/mol. The number of carboxylic acids is 1. The largest absolute Gasteiger partial charge is 0.504 e. The summed E-state index contributed by atoms with van der Waals surface area (Å²) in [5.41, 5.74) is -3.50. The van der Waals surface area contributed by atoms with Crippen LogP contribution in [0.15, 0.2) is 24.3 Å². The van der Waals surface area contributed by atoms with Gasteiger partial charge in [-0.15, -0.1) is 0 Å². The Kier molecular flexibility index (Phi) is 6.64. The van der Waals surface area contributed by atoms with Gasteiger partial charge in [-0.05, 0) is 24.3 Å². The molecule has 0 bridgehead atoms. The molecule has 0 spiro atoms. The maximum atomic E-state index is 12.5. The monoisotopic (exact) mass is 496 g/mol. The Bertz CT molecular complexity index is 1140. The van der Waals surface area contributed by atoms with E-state index in [1.54, 1.807) is 0 Å². The number of hydrogen-bond donors (Lipinski definition) is 9. The highest BCUT2D eigenvalue weighted by molar-refractivity contribution is 5.94. The molecule has 0 saturated heterocycles. The van der Waals surface area contributed by atoms with Crippen LogP contribution in [-0.4, -0.2) is 87.8 Å². The number of ether oxygens (including phenoxy) is 2. The minimum absolute atomic E-state index is 0.476. The Morgan fingerprint density at radius 1 is 0.800 bits per heavy atom. The lowest BCUT2D eigenvalue weighted by atomic mass is 9.79. The second-order valence-corrected chi connectivity index (χ2v) is 7.84. The molecule has 14 heteroatoms. The molecule has 2 aromatic rings. The number of phenols is 5. The van der Waals surface area contributed by atoms with Gasteiger partial charge in [0.1, 0.15) is 12.2 Å². The summed E-state index contributed by atoms with van der Waals surface area (Å²) < 4.78 is 9.78. The first kappa shape index (κ1) is 25.4. The first-order chi connectivity index (χ1) is 16.2. The summed E-state index contributed by atoms with van der Waals surface area (Å²) in [6, 6.07) is 2.87. The molecule has 0 amide bonds. The maximum absolute atomic E-state index is 12.5. The van der Waals surface area contributed by atoms with Gasteiger partial charge in [-0.25, -0.2) is 14.4 Å². The fourth-order valence-electron chi connectivity index (χ4n) is 3.44. The van der Waals surface area contributed by atoms with Crippen LogP contribution in [0.3, 0.4) is 0 Å². The standard InChI is InChI=1S/C21H20O14/c22-9-1-7(2-10(23)15(9)27)19(30)35-17-11(24)3-8(4-12(17)25)18(29)34-14-6-21(33,20(31)32)5-13(26)16(14)28/h1-4,13-14,16,22-28,33H,5-6H2,(H,31,32). The van der Waals surface area contributed by atoms with E-state index in [2.05, 4.69) is 0 Å². The van der Waals surface area contributed by atoms with E-state index in [1.165, 1.54) is 0 Å². The Labute approximate surface area is 195 Å². The molecule has 4 unspecified atom stereocenters. The summed E-state index contributed by atoms with van der Waals surface area (Å²) in [5.74, 6) is -9.61. The number of benzene rings is 2. The van der Waals surface area contributed by atoms with Crippen LogP contribution in [0.25, 0.3) is 0 Å². The molecule has 1 aliphatic carbocycles. The summed E-state index contributed by atoms with van der Waals surface area (Å²) in [6.45, 7) is 0. The first-order valence-electron chi connectivity index (χ1n) is 9.79. The number of rotatable bonds is 5. The normalized spacial score (nSPS) is 23.9. The fourth-order valence-corrected chi connectivity index (χ4v) is 3.44. The van der Waals surface area contributed by atoms with Crippen LogP contribution in [0, 0.1) is 0 Å². The third-order valence-electron chi connectivity index (χ3n) is 5.30. The molecule has 0 heterocycles. The molecule has 1 aliphatic rings. The van der Waals surface area contributed by atoms with E-state index >= 15 is 0 Å². The lowest BCUT2D eigenvalue weighted by molar-refractivity contribution is -0.187. The van der Waals surface area contributed by atoms with E-state index < -0.39 is 100 Å². The average Bonchev–Trinajstić information content (AvgIpc) is 2.77. The van der Waals surface area contributed by atoms with Crippen molar-refractivity contribution in [1.29, 1.82) is 0 Å². The molecule has 2 aromatic carbocycles. The van der Waals surface area contributed by atoms with E-state index in [0.29, 0.717) is 12.1 Å². The topological polar surface area (TPSA) is 252 Å². The minimum Gasteiger partial charge on any atom is -0.504 e. The van der Waals surface area contributed by atoms with Crippen molar-refractivity contribution in [2.75, 3.05) is 0 Å². The maximum Gasteiger partial charge on any atom is 0.344 e. The van der Waals surface area contributed by atoms with Crippen LogP contribution in [0.2, 0.25) is 0 Å². The molecule has 1 saturated carbocycles. The van der Waals surface area contributed by atoms with Crippen molar-refractivity contribution in [1.82, 2.24) is 0 Å². The zero-order valence-electron chi connectivity index (χ0n) is 17.5. The molecule has 0 radical (unpaired) electrons. The van der Waals surface area contributed by atoms with Crippen LogP contribution in [0.4, 0.5) is 0 Å². The predicted octanol–water partition coefficient (Wildman–Crippen LogP) is -0.710. The molecule has 1 fully saturated rings. The number of phenolic OH excluding ortho intramolecular Hbond substituents is 5. The molecule has 188 valence electrons. The van der Waals surface area contributed by atoms with Crippen molar-refractivity contribution < 1.29 is 69.8 Å². The molecule has 9 N–H and O–H groups in total. The number of esters is 2. The Hall–Kier alpha value is -4.27. The summed E-state index contributed by atoms with van der Waals surface area (Å²) >= 11 is 0. The number of aliphatic carboxylic acids is 1. The smallest absolute Gasteiger partial charge is 0.344 e. The SMILES string of the molecule is O=C(Oc1c(O)cc(C(=O)OC2CC(O)(C(=O)O)CC(O)C2O)cc1O)c1cc(O)c(O)c(O)c1. The van der Waals surface area contributed by atoms with Crippen molar-refractivity contribution in [2.45, 2.75) is 36.8 Å². The molecule has 35 heavy (non-hydrogen) atoms. The summed E-state index contributed by atoms with van der Waals surface area (Å²) in [6.07, 6.45) is -6.60. The van der Waals surface area contributed by atoms with Crippen molar-refractivity contribution >= 4 is 17.9 Å². The number of hydrogen-bond acceptors (Lipinski definition) is 13. The molecule has 14 nitrogen and oxygen atoms in total. The Morgan fingerprint density at radius 3 is 1.80 bits per heavy atom. The van der Waals surface area contributed by atoms with Crippen molar-refractivity contribution in [3.63, 3.8) is 0 Å². The number of aromatic hydroxyl groups is 5. The zero-order valence-corrected chi connectivity index (χ0v) is 17.5. The molecule has 4 atom stereocenters. The molecular weight excluding hydrogens is 476 g/mol. The van der Waals surface area contributed by atoms with Gasteiger partial charge >= 0.3 is 17.9 Å². The van der Waals surface area contributed by atoms with E-state index in [0.717, 1.165) is 12.1 Å². The van der Waals surface area contributed by atoms with Gasteiger partial charge in [0.2, 0.25) is 5.75 Å². The van der Waals surface area contributed by atoms with Gasteiger partial charge in [0.25, 0.3) is 0 Å². The summed E-state index contributed by atoms with van der Waals surface area (Å²) in [4.78, 5) is 36.0. The van der Waals surface area contributed by atoms with Crippen LogP contribution in [-0.2, 0) is 9.53 Å². The number of carbonyl (C=O) groups is 3. The van der Waals surface area contributed by atoms with Gasteiger partial charge in [-0.2, -0.15) is 0 Å². The Balaban J connectivity index is 1.80. The highest BCUT2D eigenvalue weighted by Crippen LogP contribution is 2.40. The highest BCUT2D eigenvalue weighted by atomic mass is 16.6. The van der Waals surface area contributed by atoms with E-state index in [1.807, 2.05) is 0 Å². The first-order valence-corrected chi connectivity index (χ1v) is 9.79. The molecule has 0 aromatic heterocycles. The van der Waals surface area contributed by atoms with Gasteiger partial charge in [-0.1, -0.05) is 0 Å². The summed E-state index contributed by atoms with van der Waals surface area (Å²) in [5, 5.41) is 87.7. The van der Waals surface area contributed by atoms with Crippen LogP contribution < -0.4 is 4.74 Å². The van der Waals surface area contributed by atoms with Crippen LogP contribution >= 0.6 is 0 Å². The second kappa shape index (κ2) is 9.17. The van der Waals surface area contributed by atoms with Crippen molar-refractivity contribution in [3.8, 4) is 34.5 Å². The van der Waals surface area contributed by atoms with Gasteiger partial charge in [0, 0.05) is 12.8 Å². The minimum atomic E-state index is -2.48. The molecule has 0 aliphatic heterocycles. The Morgan fingerprint density at radius 2 is 1.29 bits per heavy atom. The molecular formula is C21H20O14. The average molecular weight is 496 g/mol. The highest BCUT2D eigenvalue weighted by Gasteiger charge is 2.50. The number of aliphatic hydroxyl groups is 3. The van der Waals surface area contributed by atoms with Crippen molar-refractivity contribution in [3.05, 3.63) is 35.4 Å². The van der Waals surface area contributed by atoms with Crippen LogP contribution in [0.5, 0.6) is 34.5 Å². The van der Waals surface area contributed by atoms with Gasteiger partial charge < -0.3 is 55.4 Å². The third kappa shape index (κ3) is 4.98. The van der Waals surface area contributed by atoms with Crippen LogP contribution in [0.1, 0.15) is 33.6 Å². The summed E-state index contributed by atoms with van der Waals surface area (Å²) in [7, 11) is 0. The molecule has 3 rings (SSSR count). The van der Waals surface area contributed by atoms with E-state index in [4.69, 9.17) is 14.6 Å². The lowest BCUT2D eigenvalue weighted by Crippen LogP contribution is -2.57. The van der Waals surface area contributed by atoms with Crippen molar-refractivity contribution in [2.24, 2.45) is 0 Å². The quantitative estimate of drug-likeness (QED) is 0.141. The number of carbonyl (C=O) groups excluding carboxylic acids is 2. The number of aliphatic hydroxyl groups excluding tert-OH is 2. The fraction of sp³-hybridized carbons (Fsp3) is 0.286. The zero-order chi connectivity index (χ0) is 26.2.